The Morgan fingerprint density at radius 1 is 1.33 bits per heavy atom. The van der Waals surface area contributed by atoms with E-state index in [9.17, 15) is 9.59 Å². The van der Waals surface area contributed by atoms with Gasteiger partial charge in [0.2, 0.25) is 0 Å². The Morgan fingerprint density at radius 3 is 2.57 bits per heavy atom. The van der Waals surface area contributed by atoms with Crippen LogP contribution in [0.1, 0.15) is 49.6 Å². The van der Waals surface area contributed by atoms with Gasteiger partial charge in [-0.05, 0) is 45.4 Å². The van der Waals surface area contributed by atoms with Crippen molar-refractivity contribution in [1.29, 1.82) is 0 Å². The molecule has 2 aliphatic rings. The Kier molecular flexibility index (Phi) is 3.26. The zero-order valence-electron chi connectivity index (χ0n) is 12.7. The van der Waals surface area contributed by atoms with Crippen molar-refractivity contribution in [3.63, 3.8) is 0 Å². The van der Waals surface area contributed by atoms with Crippen LogP contribution in [0.25, 0.3) is 0 Å². The van der Waals surface area contributed by atoms with Crippen LogP contribution in [-0.4, -0.2) is 27.5 Å². The predicted octanol–water partition coefficient (Wildman–Crippen LogP) is 2.29. The van der Waals surface area contributed by atoms with Gasteiger partial charge in [0.05, 0.1) is 12.2 Å². The Hall–Kier alpha value is -1.85. The van der Waals surface area contributed by atoms with Crippen LogP contribution < -0.4 is 5.32 Å². The predicted molar refractivity (Wildman–Crippen MR) is 75.4 cm³/mol. The zero-order chi connectivity index (χ0) is 15.2. The molecule has 2 fully saturated rings. The molecule has 1 saturated heterocycles. The Bertz CT molecular complexity index is 565. The topological polar surface area (TPSA) is 75.4 Å². The van der Waals surface area contributed by atoms with Gasteiger partial charge in [0.1, 0.15) is 11.3 Å². The van der Waals surface area contributed by atoms with Crippen molar-refractivity contribution < 1.29 is 14.1 Å². The molecule has 1 aromatic heterocycles. The van der Waals surface area contributed by atoms with Crippen LogP contribution in [0, 0.1) is 19.8 Å². The van der Waals surface area contributed by atoms with Crippen LogP contribution in [0.3, 0.4) is 0 Å². The normalized spacial score (nSPS) is 29.3. The lowest BCUT2D eigenvalue weighted by molar-refractivity contribution is -0.133. The second-order valence-corrected chi connectivity index (χ2v) is 6.39. The minimum Gasteiger partial charge on any atom is -0.361 e. The van der Waals surface area contributed by atoms with Gasteiger partial charge in [-0.2, -0.15) is 0 Å². The van der Waals surface area contributed by atoms with Crippen molar-refractivity contribution in [3.8, 4) is 0 Å². The molecule has 1 aliphatic heterocycles. The highest BCUT2D eigenvalue weighted by Gasteiger charge is 2.52. The molecular weight excluding hydrogens is 270 g/mol. The largest absolute Gasteiger partial charge is 0.361 e. The van der Waals surface area contributed by atoms with E-state index in [4.69, 9.17) is 4.52 Å². The molecule has 114 valence electrons. The summed E-state index contributed by atoms with van der Waals surface area (Å²) in [4.78, 5) is 26.3. The minimum absolute atomic E-state index is 0.0978. The Labute approximate surface area is 123 Å². The van der Waals surface area contributed by atoms with Gasteiger partial charge in [-0.1, -0.05) is 12.1 Å². The summed E-state index contributed by atoms with van der Waals surface area (Å²) >= 11 is 0. The highest BCUT2D eigenvalue weighted by molar-refractivity contribution is 6.07. The standard InChI is InChI=1S/C15H21N3O3/c1-9-4-6-15(7-5-9)13(19)18(14(20)16-15)8-12-10(2)17-21-11(12)3/h9H,4-8H2,1-3H3,(H,16,20). The van der Waals surface area contributed by atoms with Crippen molar-refractivity contribution in [2.75, 3.05) is 0 Å². The number of carbonyl (C=O) groups is 2. The lowest BCUT2D eigenvalue weighted by atomic mass is 9.77. The van der Waals surface area contributed by atoms with E-state index >= 15 is 0 Å². The van der Waals surface area contributed by atoms with E-state index in [0.29, 0.717) is 11.7 Å². The third-order valence-corrected chi connectivity index (χ3v) is 4.87. The van der Waals surface area contributed by atoms with E-state index in [1.807, 2.05) is 6.92 Å². The first-order chi connectivity index (χ1) is 9.93. The van der Waals surface area contributed by atoms with Gasteiger partial charge < -0.3 is 9.84 Å². The molecule has 1 aromatic rings. The monoisotopic (exact) mass is 291 g/mol. The molecular formula is C15H21N3O3. The number of nitrogens with one attached hydrogen (secondary N) is 1. The second-order valence-electron chi connectivity index (χ2n) is 6.39. The van der Waals surface area contributed by atoms with Gasteiger partial charge in [-0.25, -0.2) is 4.79 Å². The van der Waals surface area contributed by atoms with Gasteiger partial charge in [-0.3, -0.25) is 9.69 Å². The number of carbonyl (C=O) groups excluding carboxylic acids is 2. The number of imide groups is 1. The average molecular weight is 291 g/mol. The van der Waals surface area contributed by atoms with Crippen molar-refractivity contribution in [2.24, 2.45) is 5.92 Å². The number of hydrogen-bond donors (Lipinski definition) is 1. The van der Waals surface area contributed by atoms with Crippen molar-refractivity contribution in [3.05, 3.63) is 17.0 Å². The molecule has 21 heavy (non-hydrogen) atoms. The van der Waals surface area contributed by atoms with Gasteiger partial charge in [0.15, 0.2) is 0 Å². The van der Waals surface area contributed by atoms with E-state index in [0.717, 1.165) is 36.9 Å². The summed E-state index contributed by atoms with van der Waals surface area (Å²) in [5.41, 5.74) is 0.869. The number of nitrogens with zero attached hydrogens (tertiary/aromatic N) is 2. The molecule has 1 N–H and O–H groups in total. The molecule has 0 aromatic carbocycles. The number of urea groups is 1. The maximum absolute atomic E-state index is 12.7. The summed E-state index contributed by atoms with van der Waals surface area (Å²) in [5, 5.41) is 6.80. The lowest BCUT2D eigenvalue weighted by Gasteiger charge is -2.33. The van der Waals surface area contributed by atoms with Crippen LogP contribution in [0.15, 0.2) is 4.52 Å². The lowest BCUT2D eigenvalue weighted by Crippen LogP contribution is -2.49. The van der Waals surface area contributed by atoms with Crippen LogP contribution in [0.2, 0.25) is 0 Å². The average Bonchev–Trinajstić information content (AvgIpc) is 2.88. The van der Waals surface area contributed by atoms with E-state index in [-0.39, 0.29) is 18.5 Å². The van der Waals surface area contributed by atoms with E-state index in [1.165, 1.54) is 4.90 Å². The molecule has 2 heterocycles. The summed E-state index contributed by atoms with van der Waals surface area (Å²) in [6.07, 6.45) is 3.42. The van der Waals surface area contributed by atoms with E-state index < -0.39 is 5.54 Å². The van der Waals surface area contributed by atoms with Crippen LogP contribution >= 0.6 is 0 Å². The van der Waals surface area contributed by atoms with Gasteiger partial charge >= 0.3 is 6.03 Å². The van der Waals surface area contributed by atoms with Crippen LogP contribution in [0.5, 0.6) is 0 Å². The number of rotatable bonds is 2. The first-order valence-corrected chi connectivity index (χ1v) is 7.49. The summed E-state index contributed by atoms with van der Waals surface area (Å²) < 4.78 is 5.11. The zero-order valence-corrected chi connectivity index (χ0v) is 12.7. The van der Waals surface area contributed by atoms with Crippen molar-refractivity contribution in [1.82, 2.24) is 15.4 Å². The molecule has 3 rings (SSSR count). The summed E-state index contributed by atoms with van der Waals surface area (Å²) in [5.74, 6) is 1.18. The molecule has 1 spiro atoms. The quantitative estimate of drug-likeness (QED) is 0.848. The molecule has 6 nitrogen and oxygen atoms in total. The van der Waals surface area contributed by atoms with E-state index in [2.05, 4.69) is 17.4 Å². The number of amides is 3. The highest BCUT2D eigenvalue weighted by Crippen LogP contribution is 2.37. The fraction of sp³-hybridized carbons (Fsp3) is 0.667. The fourth-order valence-electron chi connectivity index (χ4n) is 3.30. The molecule has 6 heteroatoms. The summed E-state index contributed by atoms with van der Waals surface area (Å²) in [6.45, 7) is 6.05. The maximum atomic E-state index is 12.7. The first-order valence-electron chi connectivity index (χ1n) is 7.49. The maximum Gasteiger partial charge on any atom is 0.325 e. The van der Waals surface area contributed by atoms with Crippen molar-refractivity contribution in [2.45, 2.75) is 58.5 Å². The molecule has 1 aliphatic carbocycles. The summed E-state index contributed by atoms with van der Waals surface area (Å²) in [6, 6.07) is -0.297. The van der Waals surface area contributed by atoms with Gasteiger partial charge in [0.25, 0.3) is 5.91 Å². The Morgan fingerprint density at radius 2 is 2.00 bits per heavy atom. The third kappa shape index (κ3) is 2.22. The highest BCUT2D eigenvalue weighted by atomic mass is 16.5. The van der Waals surface area contributed by atoms with E-state index in [1.54, 1.807) is 6.92 Å². The molecule has 1 saturated carbocycles. The molecule has 0 unspecified atom stereocenters. The van der Waals surface area contributed by atoms with Crippen LogP contribution in [-0.2, 0) is 11.3 Å². The third-order valence-electron chi connectivity index (χ3n) is 4.87. The molecule has 3 amide bonds. The first kappa shape index (κ1) is 14.1. The number of aromatic nitrogens is 1. The van der Waals surface area contributed by atoms with Gasteiger partial charge in [0, 0.05) is 5.56 Å². The number of hydrogen-bond acceptors (Lipinski definition) is 4. The SMILES string of the molecule is Cc1noc(C)c1CN1C(=O)NC2(CCC(C)CC2)C1=O. The smallest absolute Gasteiger partial charge is 0.325 e. The van der Waals surface area contributed by atoms with Gasteiger partial charge in [-0.15, -0.1) is 0 Å². The number of aryl methyl sites for hydroxylation is 2. The molecule has 0 radical (unpaired) electrons. The second kappa shape index (κ2) is 4.86. The Balaban J connectivity index is 1.81. The van der Waals surface area contributed by atoms with Crippen molar-refractivity contribution >= 4 is 11.9 Å². The van der Waals surface area contributed by atoms with Crippen LogP contribution in [0.4, 0.5) is 4.79 Å². The molecule has 0 bridgehead atoms. The minimum atomic E-state index is -0.678. The molecule has 0 atom stereocenters. The summed E-state index contributed by atoms with van der Waals surface area (Å²) in [7, 11) is 0. The fourth-order valence-corrected chi connectivity index (χ4v) is 3.30.